The first-order valence-corrected chi connectivity index (χ1v) is 9.33. The third kappa shape index (κ3) is 3.59. The number of benzene rings is 1. The largest absolute Gasteiger partial charge is 0.480 e. The van der Waals surface area contributed by atoms with Crippen molar-refractivity contribution in [2.24, 2.45) is 5.92 Å². The van der Waals surface area contributed by atoms with Crippen LogP contribution in [-0.4, -0.2) is 46.4 Å². The van der Waals surface area contributed by atoms with Crippen molar-refractivity contribution in [3.8, 4) is 0 Å². The summed E-state index contributed by atoms with van der Waals surface area (Å²) < 4.78 is 0. The smallest absolute Gasteiger partial charge is 0.329 e. The molecule has 1 aliphatic carbocycles. The Hall–Kier alpha value is -2.37. The van der Waals surface area contributed by atoms with E-state index in [1.54, 1.807) is 4.90 Å². The molecule has 0 spiro atoms. The lowest BCUT2D eigenvalue weighted by atomic mass is 9.91. The summed E-state index contributed by atoms with van der Waals surface area (Å²) in [6.07, 6.45) is 3.79. The highest BCUT2D eigenvalue weighted by Gasteiger charge is 2.44. The zero-order chi connectivity index (χ0) is 18.7. The molecule has 0 unspecified atom stereocenters. The molecular formula is C20H26N2O4. The van der Waals surface area contributed by atoms with Crippen LogP contribution < -0.4 is 5.32 Å². The molecule has 1 heterocycles. The molecule has 2 amide bonds. The molecule has 1 saturated heterocycles. The van der Waals surface area contributed by atoms with Gasteiger partial charge in [0.25, 0.3) is 5.91 Å². The number of likely N-dealkylation sites (tertiary alicyclic amines) is 1. The van der Waals surface area contributed by atoms with Crippen molar-refractivity contribution in [2.45, 2.75) is 51.0 Å². The van der Waals surface area contributed by atoms with Crippen molar-refractivity contribution >= 4 is 17.8 Å². The number of piperidine rings is 1. The average molecular weight is 358 g/mol. The fourth-order valence-corrected chi connectivity index (χ4v) is 4.04. The van der Waals surface area contributed by atoms with Gasteiger partial charge in [0.2, 0.25) is 5.91 Å². The molecule has 2 fully saturated rings. The minimum Gasteiger partial charge on any atom is -0.480 e. The van der Waals surface area contributed by atoms with Crippen LogP contribution in [0.15, 0.2) is 24.3 Å². The number of carboxylic acids is 1. The highest BCUT2D eigenvalue weighted by Crippen LogP contribution is 2.31. The van der Waals surface area contributed by atoms with E-state index < -0.39 is 11.5 Å². The number of hydrogen-bond acceptors (Lipinski definition) is 3. The summed E-state index contributed by atoms with van der Waals surface area (Å²) in [4.78, 5) is 38.6. The lowest BCUT2D eigenvalue weighted by Gasteiger charge is -2.34. The highest BCUT2D eigenvalue weighted by atomic mass is 16.4. The molecule has 1 aromatic rings. The molecule has 6 heteroatoms. The number of carbonyl (C=O) groups is 3. The molecule has 0 aromatic heterocycles. The number of carbonyl (C=O) groups excluding carboxylic acids is 2. The van der Waals surface area contributed by atoms with Gasteiger partial charge in [0, 0.05) is 24.6 Å². The molecule has 2 aliphatic rings. The first kappa shape index (κ1) is 18.4. The van der Waals surface area contributed by atoms with Crippen molar-refractivity contribution in [3.05, 3.63) is 35.4 Å². The second kappa shape index (κ2) is 7.48. The zero-order valence-corrected chi connectivity index (χ0v) is 15.2. The molecule has 26 heavy (non-hydrogen) atoms. The summed E-state index contributed by atoms with van der Waals surface area (Å²) in [5, 5.41) is 12.3. The lowest BCUT2D eigenvalue weighted by Crippen LogP contribution is -2.55. The van der Waals surface area contributed by atoms with Gasteiger partial charge in [0.05, 0.1) is 0 Å². The Kier molecular flexibility index (Phi) is 5.30. The predicted octanol–water partition coefficient (Wildman–Crippen LogP) is 2.36. The Labute approximate surface area is 153 Å². The quantitative estimate of drug-likeness (QED) is 0.865. The van der Waals surface area contributed by atoms with E-state index in [2.05, 4.69) is 5.32 Å². The number of aryl methyl sites for hydroxylation is 1. The summed E-state index contributed by atoms with van der Waals surface area (Å²) in [7, 11) is 0. The topological polar surface area (TPSA) is 86.7 Å². The second-order valence-corrected chi connectivity index (χ2v) is 7.47. The Bertz CT molecular complexity index is 702. The Balaban J connectivity index is 1.58. The van der Waals surface area contributed by atoms with Gasteiger partial charge in [-0.05, 0) is 44.2 Å². The van der Waals surface area contributed by atoms with E-state index in [4.69, 9.17) is 0 Å². The number of nitrogens with one attached hydrogen (secondary N) is 1. The SMILES string of the molecule is Cc1ccccc1C(=O)N1CCC(C(=O)NC2(C(=O)O)CCCC2)CC1. The van der Waals surface area contributed by atoms with E-state index in [1.807, 2.05) is 31.2 Å². The van der Waals surface area contributed by atoms with Crippen LogP contribution in [0.25, 0.3) is 0 Å². The van der Waals surface area contributed by atoms with Crippen LogP contribution in [0.3, 0.4) is 0 Å². The average Bonchev–Trinajstić information content (AvgIpc) is 3.11. The Morgan fingerprint density at radius 1 is 1.12 bits per heavy atom. The maximum atomic E-state index is 12.7. The minimum atomic E-state index is -1.09. The van der Waals surface area contributed by atoms with Crippen LogP contribution in [0.5, 0.6) is 0 Å². The summed E-state index contributed by atoms with van der Waals surface area (Å²) in [5.41, 5.74) is 0.554. The summed E-state index contributed by atoms with van der Waals surface area (Å²) in [5.74, 6) is -1.35. The normalized spacial score (nSPS) is 20.0. The van der Waals surface area contributed by atoms with Gasteiger partial charge < -0.3 is 15.3 Å². The van der Waals surface area contributed by atoms with Gasteiger partial charge in [-0.2, -0.15) is 0 Å². The first-order valence-electron chi connectivity index (χ1n) is 9.33. The molecular weight excluding hydrogens is 332 g/mol. The van der Waals surface area contributed by atoms with Crippen LogP contribution in [0.2, 0.25) is 0 Å². The molecule has 0 bridgehead atoms. The number of amides is 2. The maximum absolute atomic E-state index is 12.7. The van der Waals surface area contributed by atoms with E-state index in [0.717, 1.165) is 18.4 Å². The molecule has 2 N–H and O–H groups in total. The predicted molar refractivity (Wildman–Crippen MR) is 96.8 cm³/mol. The lowest BCUT2D eigenvalue weighted by molar-refractivity contribution is -0.148. The van der Waals surface area contributed by atoms with E-state index >= 15 is 0 Å². The van der Waals surface area contributed by atoms with Crippen molar-refractivity contribution in [1.29, 1.82) is 0 Å². The zero-order valence-electron chi connectivity index (χ0n) is 15.2. The highest BCUT2D eigenvalue weighted by molar-refractivity contribution is 5.96. The van der Waals surface area contributed by atoms with E-state index in [1.165, 1.54) is 0 Å². The van der Waals surface area contributed by atoms with Crippen LogP contribution >= 0.6 is 0 Å². The molecule has 3 rings (SSSR count). The van der Waals surface area contributed by atoms with Crippen LogP contribution in [0.4, 0.5) is 0 Å². The first-order chi connectivity index (χ1) is 12.4. The van der Waals surface area contributed by atoms with E-state index in [0.29, 0.717) is 44.3 Å². The minimum absolute atomic E-state index is 0.000225. The fraction of sp³-hybridized carbons (Fsp3) is 0.550. The number of rotatable bonds is 4. The molecule has 1 aliphatic heterocycles. The second-order valence-electron chi connectivity index (χ2n) is 7.47. The Morgan fingerprint density at radius 3 is 2.31 bits per heavy atom. The van der Waals surface area contributed by atoms with Crippen molar-refractivity contribution in [2.75, 3.05) is 13.1 Å². The monoisotopic (exact) mass is 358 g/mol. The molecule has 1 aromatic carbocycles. The van der Waals surface area contributed by atoms with Gasteiger partial charge in [-0.15, -0.1) is 0 Å². The fourth-order valence-electron chi connectivity index (χ4n) is 4.04. The van der Waals surface area contributed by atoms with Crippen molar-refractivity contribution in [1.82, 2.24) is 10.2 Å². The van der Waals surface area contributed by atoms with Crippen LogP contribution in [-0.2, 0) is 9.59 Å². The van der Waals surface area contributed by atoms with Gasteiger partial charge in [0.15, 0.2) is 0 Å². The van der Waals surface area contributed by atoms with E-state index in [-0.39, 0.29) is 17.7 Å². The summed E-state index contributed by atoms with van der Waals surface area (Å²) in [6, 6.07) is 7.50. The molecule has 0 radical (unpaired) electrons. The standard InChI is InChI=1S/C20H26N2O4/c1-14-6-2-3-7-16(14)18(24)22-12-8-15(9-13-22)17(23)21-20(19(25)26)10-4-5-11-20/h2-3,6-7,15H,4-5,8-13H2,1H3,(H,21,23)(H,25,26). The number of hydrogen-bond donors (Lipinski definition) is 2. The maximum Gasteiger partial charge on any atom is 0.329 e. The van der Waals surface area contributed by atoms with Gasteiger partial charge in [-0.3, -0.25) is 9.59 Å². The molecule has 140 valence electrons. The number of nitrogens with zero attached hydrogens (tertiary/aromatic N) is 1. The van der Waals surface area contributed by atoms with Gasteiger partial charge in [-0.25, -0.2) is 4.79 Å². The van der Waals surface area contributed by atoms with Crippen LogP contribution in [0, 0.1) is 12.8 Å². The van der Waals surface area contributed by atoms with Gasteiger partial charge >= 0.3 is 5.97 Å². The van der Waals surface area contributed by atoms with E-state index in [9.17, 15) is 19.5 Å². The number of carboxylic acid groups (broad SMARTS) is 1. The van der Waals surface area contributed by atoms with Gasteiger partial charge in [-0.1, -0.05) is 31.0 Å². The molecule has 0 atom stereocenters. The Morgan fingerprint density at radius 2 is 1.73 bits per heavy atom. The van der Waals surface area contributed by atoms with Gasteiger partial charge in [0.1, 0.15) is 5.54 Å². The summed E-state index contributed by atoms with van der Waals surface area (Å²) >= 11 is 0. The van der Waals surface area contributed by atoms with Crippen LogP contribution in [0.1, 0.15) is 54.4 Å². The number of aliphatic carboxylic acids is 1. The third-order valence-electron chi connectivity index (χ3n) is 5.76. The third-order valence-corrected chi connectivity index (χ3v) is 5.76. The molecule has 1 saturated carbocycles. The van der Waals surface area contributed by atoms with Crippen molar-refractivity contribution < 1.29 is 19.5 Å². The summed E-state index contributed by atoms with van der Waals surface area (Å²) in [6.45, 7) is 2.96. The van der Waals surface area contributed by atoms with Crippen molar-refractivity contribution in [3.63, 3.8) is 0 Å². The molecule has 6 nitrogen and oxygen atoms in total.